The number of ether oxygens (including phenoxy) is 1. The van der Waals surface area contributed by atoms with E-state index in [1.54, 1.807) is 0 Å². The van der Waals surface area contributed by atoms with Crippen LogP contribution in [0.25, 0.3) is 0 Å². The van der Waals surface area contributed by atoms with E-state index in [0.717, 1.165) is 0 Å². The minimum absolute atomic E-state index is 0.361. The van der Waals surface area contributed by atoms with Gasteiger partial charge >= 0.3 is 0 Å². The molecule has 0 bridgehead atoms. The zero-order valence-corrected chi connectivity index (χ0v) is 4.58. The molecular weight excluding hydrogens is 108 g/mol. The van der Waals surface area contributed by atoms with E-state index in [0.29, 0.717) is 19.4 Å². The summed E-state index contributed by atoms with van der Waals surface area (Å²) in [4.78, 5) is 0. The highest BCUT2D eigenvalue weighted by Crippen LogP contribution is 2.10. The molecule has 2 atom stereocenters. The van der Waals surface area contributed by atoms with Gasteiger partial charge in [-0.2, -0.15) is 0 Å². The van der Waals surface area contributed by atoms with Gasteiger partial charge in [0.05, 0.1) is 12.7 Å². The molecule has 0 aromatic rings. The Kier molecular flexibility index (Phi) is 1.83. The second-order valence-corrected chi connectivity index (χ2v) is 2.00. The number of aliphatic hydroxyl groups is 2. The molecule has 0 aromatic heterocycles. The lowest BCUT2D eigenvalue weighted by molar-refractivity contribution is -0.152. The first-order chi connectivity index (χ1) is 3.79. The largest absolute Gasteiger partial charge is 0.393 e. The minimum Gasteiger partial charge on any atom is -0.393 e. The third-order valence-corrected chi connectivity index (χ3v) is 1.24. The van der Waals surface area contributed by atoms with Gasteiger partial charge in [-0.1, -0.05) is 0 Å². The zero-order chi connectivity index (χ0) is 5.98. The Morgan fingerprint density at radius 1 is 1.38 bits per heavy atom. The quantitative estimate of drug-likeness (QED) is 0.450. The van der Waals surface area contributed by atoms with Crippen LogP contribution in [0.1, 0.15) is 12.8 Å². The summed E-state index contributed by atoms with van der Waals surface area (Å²) >= 11 is 0. The van der Waals surface area contributed by atoms with Gasteiger partial charge < -0.3 is 14.9 Å². The van der Waals surface area contributed by atoms with Crippen molar-refractivity contribution in [1.29, 1.82) is 0 Å². The molecule has 1 saturated heterocycles. The molecule has 0 saturated carbocycles. The van der Waals surface area contributed by atoms with Gasteiger partial charge in [-0.15, -0.1) is 0 Å². The highest BCUT2D eigenvalue weighted by atomic mass is 16.6. The van der Waals surface area contributed by atoms with Crippen molar-refractivity contribution >= 4 is 0 Å². The normalized spacial score (nSPS) is 39.8. The lowest BCUT2D eigenvalue weighted by atomic mass is 10.1. The number of hydrogen-bond acceptors (Lipinski definition) is 3. The number of aliphatic hydroxyl groups excluding tert-OH is 2. The molecule has 0 amide bonds. The Morgan fingerprint density at radius 3 is 2.50 bits per heavy atom. The topological polar surface area (TPSA) is 49.7 Å². The average Bonchev–Trinajstić information content (AvgIpc) is 1.64. The van der Waals surface area contributed by atoms with Gasteiger partial charge in [-0.3, -0.25) is 0 Å². The Morgan fingerprint density at radius 2 is 2.12 bits per heavy atom. The maximum Gasteiger partial charge on any atom is 0.156 e. The van der Waals surface area contributed by atoms with E-state index < -0.39 is 6.29 Å². The number of hydrogen-bond donors (Lipinski definition) is 2. The fourth-order valence-corrected chi connectivity index (χ4v) is 0.759. The van der Waals surface area contributed by atoms with Crippen LogP contribution in [-0.4, -0.2) is 29.2 Å². The van der Waals surface area contributed by atoms with Crippen molar-refractivity contribution in [1.82, 2.24) is 0 Å². The summed E-state index contributed by atoms with van der Waals surface area (Å²) in [7, 11) is 0. The molecule has 3 heteroatoms. The molecule has 1 unspecified atom stereocenters. The van der Waals surface area contributed by atoms with Gasteiger partial charge in [0.2, 0.25) is 0 Å². The molecule has 1 aliphatic heterocycles. The van der Waals surface area contributed by atoms with Crippen molar-refractivity contribution in [3.05, 3.63) is 0 Å². The van der Waals surface area contributed by atoms with Gasteiger partial charge in [0, 0.05) is 6.42 Å². The molecule has 48 valence electrons. The first-order valence-corrected chi connectivity index (χ1v) is 2.77. The van der Waals surface area contributed by atoms with Crippen LogP contribution in [0, 0.1) is 0 Å². The summed E-state index contributed by atoms with van der Waals surface area (Å²) in [6, 6.07) is 0. The van der Waals surface area contributed by atoms with Gasteiger partial charge in [0.25, 0.3) is 0 Å². The minimum atomic E-state index is -0.737. The SMILES string of the molecule is OC1CCO[C@H](O)C1. The standard InChI is InChI=1S/C5H10O3/c6-4-1-2-8-5(7)3-4/h4-7H,1-3H2/t4?,5-/m0/s1. The highest BCUT2D eigenvalue weighted by molar-refractivity contribution is 4.61. The summed E-state index contributed by atoms with van der Waals surface area (Å²) in [6.07, 6.45) is -0.0886. The Bertz CT molecular complexity index is 66.1. The van der Waals surface area contributed by atoms with Crippen LogP contribution in [0.15, 0.2) is 0 Å². The number of rotatable bonds is 0. The van der Waals surface area contributed by atoms with Crippen molar-refractivity contribution in [2.45, 2.75) is 25.2 Å². The van der Waals surface area contributed by atoms with Gasteiger partial charge in [-0.25, -0.2) is 0 Å². The second-order valence-electron chi connectivity index (χ2n) is 2.00. The summed E-state index contributed by atoms with van der Waals surface area (Å²) in [5, 5.41) is 17.5. The van der Waals surface area contributed by atoms with Gasteiger partial charge in [-0.05, 0) is 6.42 Å². The molecule has 0 radical (unpaired) electrons. The van der Waals surface area contributed by atoms with E-state index in [-0.39, 0.29) is 6.10 Å². The maximum atomic E-state index is 8.84. The monoisotopic (exact) mass is 118 g/mol. The van der Waals surface area contributed by atoms with Crippen molar-refractivity contribution < 1.29 is 14.9 Å². The first kappa shape index (κ1) is 6.01. The van der Waals surface area contributed by atoms with Crippen molar-refractivity contribution in [3.8, 4) is 0 Å². The summed E-state index contributed by atoms with van der Waals surface area (Å²) in [5.74, 6) is 0. The summed E-state index contributed by atoms with van der Waals surface area (Å²) < 4.78 is 4.74. The molecule has 8 heavy (non-hydrogen) atoms. The predicted molar refractivity (Wildman–Crippen MR) is 27.2 cm³/mol. The van der Waals surface area contributed by atoms with Crippen LogP contribution in [0.3, 0.4) is 0 Å². The van der Waals surface area contributed by atoms with Crippen molar-refractivity contribution in [2.24, 2.45) is 0 Å². The lowest BCUT2D eigenvalue weighted by Gasteiger charge is -2.21. The zero-order valence-electron chi connectivity index (χ0n) is 4.58. The van der Waals surface area contributed by atoms with E-state index >= 15 is 0 Å². The molecule has 0 spiro atoms. The smallest absolute Gasteiger partial charge is 0.156 e. The molecule has 0 aliphatic carbocycles. The molecule has 1 fully saturated rings. The van der Waals surface area contributed by atoms with E-state index in [2.05, 4.69) is 0 Å². The molecule has 1 rings (SSSR count). The molecule has 1 aliphatic rings. The van der Waals surface area contributed by atoms with Crippen molar-refractivity contribution in [3.63, 3.8) is 0 Å². The maximum absolute atomic E-state index is 8.84. The van der Waals surface area contributed by atoms with Gasteiger partial charge in [0.15, 0.2) is 6.29 Å². The molecule has 1 heterocycles. The average molecular weight is 118 g/mol. The molecule has 3 nitrogen and oxygen atoms in total. The molecular formula is C5H10O3. The van der Waals surface area contributed by atoms with Crippen LogP contribution >= 0.6 is 0 Å². The van der Waals surface area contributed by atoms with E-state index in [1.165, 1.54) is 0 Å². The Hall–Kier alpha value is -0.120. The van der Waals surface area contributed by atoms with Crippen LogP contribution in [0.2, 0.25) is 0 Å². The summed E-state index contributed by atoms with van der Waals surface area (Å²) in [6.45, 7) is 0.475. The van der Waals surface area contributed by atoms with E-state index in [9.17, 15) is 0 Å². The van der Waals surface area contributed by atoms with Crippen LogP contribution in [-0.2, 0) is 4.74 Å². The Balaban J connectivity index is 2.23. The first-order valence-electron chi connectivity index (χ1n) is 2.77. The van der Waals surface area contributed by atoms with Crippen LogP contribution in [0.5, 0.6) is 0 Å². The third-order valence-electron chi connectivity index (χ3n) is 1.24. The van der Waals surface area contributed by atoms with Crippen LogP contribution < -0.4 is 0 Å². The van der Waals surface area contributed by atoms with Gasteiger partial charge in [0.1, 0.15) is 0 Å². The second kappa shape index (κ2) is 2.44. The van der Waals surface area contributed by atoms with Crippen molar-refractivity contribution in [2.75, 3.05) is 6.61 Å². The predicted octanol–water partition coefficient (Wildman–Crippen LogP) is -0.524. The van der Waals surface area contributed by atoms with Crippen LogP contribution in [0.4, 0.5) is 0 Å². The van der Waals surface area contributed by atoms with E-state index in [4.69, 9.17) is 14.9 Å². The lowest BCUT2D eigenvalue weighted by Crippen LogP contribution is -2.28. The molecule has 0 aromatic carbocycles. The van der Waals surface area contributed by atoms with E-state index in [1.807, 2.05) is 0 Å². The third kappa shape index (κ3) is 1.43. The molecule has 2 N–H and O–H groups in total. The Labute approximate surface area is 47.9 Å². The highest BCUT2D eigenvalue weighted by Gasteiger charge is 2.17. The fourth-order valence-electron chi connectivity index (χ4n) is 0.759. The summed E-state index contributed by atoms with van der Waals surface area (Å²) in [5.41, 5.74) is 0. The fraction of sp³-hybridized carbons (Fsp3) is 1.00.